The van der Waals surface area contributed by atoms with Crippen molar-refractivity contribution < 1.29 is 9.53 Å². The molecule has 2 aromatic carbocycles. The lowest BCUT2D eigenvalue weighted by atomic mass is 10.0. The van der Waals surface area contributed by atoms with Crippen LogP contribution in [-0.2, 0) is 4.79 Å². The number of nitrogens with zero attached hydrogens (tertiary/aromatic N) is 1. The van der Waals surface area contributed by atoms with Crippen LogP contribution in [0.25, 0.3) is 32.5 Å². The van der Waals surface area contributed by atoms with Gasteiger partial charge in [0.05, 0.1) is 10.4 Å². The number of halogens is 1. The number of benzene rings is 2. The molecule has 0 aliphatic carbocycles. The van der Waals surface area contributed by atoms with Crippen molar-refractivity contribution in [3.8, 4) is 16.9 Å². The van der Waals surface area contributed by atoms with Crippen LogP contribution in [-0.4, -0.2) is 29.0 Å². The molecule has 168 valence electrons. The van der Waals surface area contributed by atoms with Crippen LogP contribution in [0.15, 0.2) is 59.4 Å². The summed E-state index contributed by atoms with van der Waals surface area (Å²) in [6, 6.07) is 16.9. The highest BCUT2D eigenvalue weighted by Crippen LogP contribution is 2.36. The van der Waals surface area contributed by atoms with Gasteiger partial charge in [-0.2, -0.15) is 0 Å². The lowest BCUT2D eigenvalue weighted by Gasteiger charge is -2.06. The first kappa shape index (κ1) is 22.8. The number of aromatic nitrogens is 2. The largest absolute Gasteiger partial charge is 0.484 e. The number of nitrogens with one attached hydrogen (secondary N) is 2. The average Bonchev–Trinajstić information content (AvgIpc) is 3.15. The third-order valence-electron chi connectivity index (χ3n) is 4.94. The van der Waals surface area contributed by atoms with E-state index in [0.29, 0.717) is 33.4 Å². The number of carbonyl (C=O) groups excluding carboxylic acids is 1. The molecule has 2 aromatic heterocycles. The number of hydrogen-bond acceptors (Lipinski definition) is 5. The summed E-state index contributed by atoms with van der Waals surface area (Å²) in [5.41, 5.74) is 2.47. The molecule has 8 heteroatoms. The van der Waals surface area contributed by atoms with Crippen molar-refractivity contribution >= 4 is 50.2 Å². The van der Waals surface area contributed by atoms with Crippen LogP contribution in [0.5, 0.6) is 5.75 Å². The van der Waals surface area contributed by atoms with E-state index in [4.69, 9.17) is 16.3 Å². The number of rotatable bonds is 7. The minimum absolute atomic E-state index is 0.0415. The Kier molecular flexibility index (Phi) is 6.91. The highest BCUT2D eigenvalue weighted by atomic mass is 35.5. The maximum absolute atomic E-state index is 13.0. The van der Waals surface area contributed by atoms with Crippen molar-refractivity contribution in [3.63, 3.8) is 0 Å². The quantitative estimate of drug-likeness (QED) is 0.381. The van der Waals surface area contributed by atoms with E-state index < -0.39 is 0 Å². The number of H-pyrrole nitrogens is 1. The van der Waals surface area contributed by atoms with Crippen LogP contribution in [0, 0.1) is 6.92 Å². The number of aryl methyl sites for hydroxylation is 1. The fraction of sp³-hybridized carbons (Fsp3) is 0.160. The highest BCUT2D eigenvalue weighted by molar-refractivity contribution is 7.19. The van der Waals surface area contributed by atoms with Crippen LogP contribution in [0.4, 0.5) is 0 Å². The SMILES string of the molecule is CCNC(=O)COc1ccc(/C=C(\Cl)c2nc3sc(C)c(-c4ccccc4)c3c(=O)[nH]2)cc1. The molecule has 0 saturated heterocycles. The molecule has 33 heavy (non-hydrogen) atoms. The van der Waals surface area contributed by atoms with Crippen molar-refractivity contribution in [2.45, 2.75) is 13.8 Å². The zero-order valence-electron chi connectivity index (χ0n) is 18.1. The van der Waals surface area contributed by atoms with Gasteiger partial charge < -0.3 is 15.0 Å². The van der Waals surface area contributed by atoms with E-state index in [1.165, 1.54) is 11.3 Å². The van der Waals surface area contributed by atoms with Crippen LogP contribution in [0.2, 0.25) is 0 Å². The molecule has 6 nitrogen and oxygen atoms in total. The average molecular weight is 480 g/mol. The number of carbonyl (C=O) groups is 1. The lowest BCUT2D eigenvalue weighted by molar-refractivity contribution is -0.122. The summed E-state index contributed by atoms with van der Waals surface area (Å²) in [6.07, 6.45) is 1.72. The third-order valence-corrected chi connectivity index (χ3v) is 6.23. The first-order valence-corrected chi connectivity index (χ1v) is 11.6. The Balaban J connectivity index is 1.59. The van der Waals surface area contributed by atoms with Crippen molar-refractivity contribution in [1.82, 2.24) is 15.3 Å². The van der Waals surface area contributed by atoms with E-state index >= 15 is 0 Å². The second-order valence-electron chi connectivity index (χ2n) is 7.30. The molecular formula is C25H22ClN3O3S. The van der Waals surface area contributed by atoms with E-state index in [1.54, 1.807) is 18.2 Å². The predicted molar refractivity (Wildman–Crippen MR) is 135 cm³/mol. The molecule has 1 amide bonds. The third kappa shape index (κ3) is 5.16. The molecule has 4 rings (SSSR count). The topological polar surface area (TPSA) is 84.1 Å². The Hall–Kier alpha value is -3.42. The van der Waals surface area contributed by atoms with Crippen molar-refractivity contribution in [1.29, 1.82) is 0 Å². The Labute approximate surface area is 199 Å². The van der Waals surface area contributed by atoms with Crippen LogP contribution in [0.1, 0.15) is 23.2 Å². The summed E-state index contributed by atoms with van der Waals surface area (Å²) in [5.74, 6) is 0.714. The maximum atomic E-state index is 13.0. The Bertz CT molecular complexity index is 1380. The second kappa shape index (κ2) is 10.0. The fourth-order valence-electron chi connectivity index (χ4n) is 3.46. The Morgan fingerprint density at radius 2 is 1.91 bits per heavy atom. The van der Waals surface area contributed by atoms with Gasteiger partial charge in [0.1, 0.15) is 10.6 Å². The molecule has 0 aliphatic heterocycles. The van der Waals surface area contributed by atoms with Gasteiger partial charge in [0.15, 0.2) is 12.4 Å². The molecular weight excluding hydrogens is 458 g/mol. The lowest BCUT2D eigenvalue weighted by Crippen LogP contribution is -2.28. The van der Waals surface area contributed by atoms with Gasteiger partial charge >= 0.3 is 0 Å². The van der Waals surface area contributed by atoms with Crippen molar-refractivity contribution in [3.05, 3.63) is 81.2 Å². The summed E-state index contributed by atoms with van der Waals surface area (Å²) >= 11 is 7.98. The van der Waals surface area contributed by atoms with Gasteiger partial charge in [-0.1, -0.05) is 54.1 Å². The number of thiophene rings is 1. The summed E-state index contributed by atoms with van der Waals surface area (Å²) < 4.78 is 5.45. The van der Waals surface area contributed by atoms with Gasteiger partial charge in [-0.25, -0.2) is 4.98 Å². The van der Waals surface area contributed by atoms with E-state index in [1.807, 2.05) is 56.3 Å². The molecule has 0 fully saturated rings. The monoisotopic (exact) mass is 479 g/mol. The smallest absolute Gasteiger partial charge is 0.260 e. The van der Waals surface area contributed by atoms with E-state index in [2.05, 4.69) is 15.3 Å². The van der Waals surface area contributed by atoms with Gasteiger partial charge in [-0.05, 0) is 43.2 Å². The normalized spacial score (nSPS) is 11.5. The summed E-state index contributed by atoms with van der Waals surface area (Å²) in [4.78, 5) is 33.6. The molecule has 4 aromatic rings. The summed E-state index contributed by atoms with van der Waals surface area (Å²) in [7, 11) is 0. The molecule has 2 N–H and O–H groups in total. The zero-order valence-corrected chi connectivity index (χ0v) is 19.7. The van der Waals surface area contributed by atoms with Crippen LogP contribution >= 0.6 is 22.9 Å². The van der Waals surface area contributed by atoms with E-state index in [0.717, 1.165) is 21.6 Å². The van der Waals surface area contributed by atoms with Crippen molar-refractivity contribution in [2.75, 3.05) is 13.2 Å². The van der Waals surface area contributed by atoms with E-state index in [9.17, 15) is 9.59 Å². The number of likely N-dealkylation sites (N-methyl/N-ethyl adjacent to an activating group) is 1. The Morgan fingerprint density at radius 3 is 2.61 bits per heavy atom. The number of amides is 1. The van der Waals surface area contributed by atoms with Gasteiger partial charge in [-0.15, -0.1) is 11.3 Å². The summed E-state index contributed by atoms with van der Waals surface area (Å²) in [5, 5.41) is 3.57. The molecule has 0 bridgehead atoms. The first-order valence-electron chi connectivity index (χ1n) is 10.4. The number of fused-ring (bicyclic) bond motifs is 1. The van der Waals surface area contributed by atoms with Gasteiger partial charge in [0, 0.05) is 17.0 Å². The number of ether oxygens (including phenoxy) is 1. The Morgan fingerprint density at radius 1 is 1.18 bits per heavy atom. The summed E-state index contributed by atoms with van der Waals surface area (Å²) in [6.45, 7) is 4.36. The molecule has 0 saturated carbocycles. The number of aromatic amines is 1. The first-order chi connectivity index (χ1) is 16.0. The molecule has 2 heterocycles. The van der Waals surface area contributed by atoms with E-state index in [-0.39, 0.29) is 18.1 Å². The molecule has 0 spiro atoms. The fourth-order valence-corrected chi connectivity index (χ4v) is 4.72. The minimum atomic E-state index is -0.223. The van der Waals surface area contributed by atoms with Crippen LogP contribution < -0.4 is 15.6 Å². The van der Waals surface area contributed by atoms with Gasteiger partial charge in [0.2, 0.25) is 0 Å². The molecule has 0 atom stereocenters. The second-order valence-corrected chi connectivity index (χ2v) is 8.91. The number of hydrogen-bond donors (Lipinski definition) is 2. The molecule has 0 unspecified atom stereocenters. The molecule has 0 aliphatic rings. The molecule has 0 radical (unpaired) electrons. The predicted octanol–water partition coefficient (Wildman–Crippen LogP) is 5.21. The minimum Gasteiger partial charge on any atom is -0.484 e. The van der Waals surface area contributed by atoms with Crippen LogP contribution in [0.3, 0.4) is 0 Å². The maximum Gasteiger partial charge on any atom is 0.260 e. The highest BCUT2D eigenvalue weighted by Gasteiger charge is 2.17. The standard InChI is InChI=1S/C25H22ClN3O3S/c1-3-27-20(30)14-32-18-11-9-16(10-12-18)13-19(26)23-28-24(31)22-21(15(2)33-25(22)29-23)17-7-5-4-6-8-17/h4-13H,3,14H2,1-2H3,(H,27,30)(H,28,29,31)/b19-13-. The van der Waals surface area contributed by atoms with Gasteiger partial charge in [0.25, 0.3) is 11.5 Å². The zero-order chi connectivity index (χ0) is 23.4. The van der Waals surface area contributed by atoms with Gasteiger partial charge in [-0.3, -0.25) is 9.59 Å². The van der Waals surface area contributed by atoms with Crippen molar-refractivity contribution in [2.24, 2.45) is 0 Å².